The van der Waals surface area contributed by atoms with Crippen molar-refractivity contribution in [3.05, 3.63) is 0 Å². The van der Waals surface area contributed by atoms with Gasteiger partial charge in [-0.2, -0.15) is 0 Å². The van der Waals surface area contributed by atoms with Crippen molar-refractivity contribution in [3.8, 4) is 0 Å². The number of hydrogen-bond donors (Lipinski definition) is 1. The standard InChI is InChI=1S/C14H25NO3/c1-4-6-7-11(5-2)13(16)15-9-8-12(10(15)3)14(17)18/h10-12H,4-9H2,1-3H3,(H,17,18). The molecule has 0 spiro atoms. The van der Waals surface area contributed by atoms with Crippen LogP contribution in [0.25, 0.3) is 0 Å². The van der Waals surface area contributed by atoms with Gasteiger partial charge in [-0.25, -0.2) is 0 Å². The Balaban J connectivity index is 2.63. The van der Waals surface area contributed by atoms with E-state index in [0.717, 1.165) is 25.7 Å². The average molecular weight is 255 g/mol. The van der Waals surface area contributed by atoms with Crippen LogP contribution in [0.1, 0.15) is 52.9 Å². The molecule has 3 atom stereocenters. The second-order valence-corrected chi connectivity index (χ2v) is 5.25. The second kappa shape index (κ2) is 6.76. The molecular weight excluding hydrogens is 230 g/mol. The predicted molar refractivity (Wildman–Crippen MR) is 70.2 cm³/mol. The number of unbranched alkanes of at least 4 members (excludes halogenated alkanes) is 1. The van der Waals surface area contributed by atoms with Crippen LogP contribution in [0.2, 0.25) is 0 Å². The maximum Gasteiger partial charge on any atom is 0.308 e. The van der Waals surface area contributed by atoms with Crippen molar-refractivity contribution in [2.75, 3.05) is 6.54 Å². The summed E-state index contributed by atoms with van der Waals surface area (Å²) in [6.45, 7) is 6.61. The van der Waals surface area contributed by atoms with E-state index in [1.807, 2.05) is 13.8 Å². The zero-order valence-electron chi connectivity index (χ0n) is 11.7. The van der Waals surface area contributed by atoms with Gasteiger partial charge in [-0.3, -0.25) is 9.59 Å². The van der Waals surface area contributed by atoms with Gasteiger partial charge in [-0.15, -0.1) is 0 Å². The molecule has 0 aromatic heterocycles. The quantitative estimate of drug-likeness (QED) is 0.793. The number of likely N-dealkylation sites (tertiary alicyclic amines) is 1. The highest BCUT2D eigenvalue weighted by molar-refractivity contribution is 5.81. The number of carbonyl (C=O) groups excluding carboxylic acids is 1. The molecule has 104 valence electrons. The summed E-state index contributed by atoms with van der Waals surface area (Å²) in [5.41, 5.74) is 0. The maximum atomic E-state index is 12.4. The smallest absolute Gasteiger partial charge is 0.308 e. The number of carboxylic acids is 1. The van der Waals surface area contributed by atoms with Gasteiger partial charge in [0, 0.05) is 18.5 Å². The highest BCUT2D eigenvalue weighted by atomic mass is 16.4. The van der Waals surface area contributed by atoms with Gasteiger partial charge in [0.25, 0.3) is 0 Å². The summed E-state index contributed by atoms with van der Waals surface area (Å²) in [4.78, 5) is 25.2. The molecule has 1 aliphatic rings. The molecule has 0 radical (unpaired) electrons. The zero-order valence-corrected chi connectivity index (χ0v) is 11.7. The molecule has 1 aliphatic heterocycles. The Morgan fingerprint density at radius 3 is 2.50 bits per heavy atom. The molecule has 0 aromatic rings. The van der Waals surface area contributed by atoms with Gasteiger partial charge in [0.2, 0.25) is 5.91 Å². The van der Waals surface area contributed by atoms with E-state index in [-0.39, 0.29) is 17.9 Å². The Bertz CT molecular complexity index is 303. The second-order valence-electron chi connectivity index (χ2n) is 5.25. The summed E-state index contributed by atoms with van der Waals surface area (Å²) < 4.78 is 0. The van der Waals surface area contributed by atoms with E-state index in [1.54, 1.807) is 4.90 Å². The largest absolute Gasteiger partial charge is 0.481 e. The van der Waals surface area contributed by atoms with Crippen LogP contribution < -0.4 is 0 Å². The number of amides is 1. The van der Waals surface area contributed by atoms with E-state index in [1.165, 1.54) is 0 Å². The molecular formula is C14H25NO3. The van der Waals surface area contributed by atoms with Crippen LogP contribution >= 0.6 is 0 Å². The minimum Gasteiger partial charge on any atom is -0.481 e. The third-order valence-corrected chi connectivity index (χ3v) is 4.10. The lowest BCUT2D eigenvalue weighted by atomic mass is 9.96. The van der Waals surface area contributed by atoms with E-state index in [9.17, 15) is 9.59 Å². The molecule has 1 rings (SSSR count). The third-order valence-electron chi connectivity index (χ3n) is 4.10. The molecule has 0 saturated carbocycles. The van der Waals surface area contributed by atoms with E-state index < -0.39 is 11.9 Å². The van der Waals surface area contributed by atoms with E-state index >= 15 is 0 Å². The summed E-state index contributed by atoms with van der Waals surface area (Å²) in [6, 6.07) is -0.161. The van der Waals surface area contributed by atoms with Gasteiger partial charge in [-0.05, 0) is 26.2 Å². The molecule has 0 aliphatic carbocycles. The molecule has 1 N–H and O–H groups in total. The van der Waals surface area contributed by atoms with E-state index in [2.05, 4.69) is 6.92 Å². The summed E-state index contributed by atoms with van der Waals surface area (Å²) in [6.07, 6.45) is 4.52. The first-order valence-corrected chi connectivity index (χ1v) is 7.06. The van der Waals surface area contributed by atoms with Gasteiger partial charge < -0.3 is 10.0 Å². The van der Waals surface area contributed by atoms with Crippen LogP contribution in [0, 0.1) is 11.8 Å². The Morgan fingerprint density at radius 2 is 2.06 bits per heavy atom. The van der Waals surface area contributed by atoms with Gasteiger partial charge >= 0.3 is 5.97 Å². The molecule has 1 heterocycles. The van der Waals surface area contributed by atoms with Crippen molar-refractivity contribution < 1.29 is 14.7 Å². The normalized spacial score (nSPS) is 25.2. The predicted octanol–water partition coefficient (Wildman–Crippen LogP) is 2.52. The lowest BCUT2D eigenvalue weighted by Gasteiger charge is -2.27. The van der Waals surface area contributed by atoms with E-state index in [0.29, 0.717) is 13.0 Å². The first-order chi connectivity index (χ1) is 8.52. The third kappa shape index (κ3) is 3.24. The van der Waals surface area contributed by atoms with Crippen molar-refractivity contribution in [1.29, 1.82) is 0 Å². The topological polar surface area (TPSA) is 57.6 Å². The number of hydrogen-bond acceptors (Lipinski definition) is 2. The Kier molecular flexibility index (Phi) is 5.63. The van der Waals surface area contributed by atoms with Crippen LogP contribution in [0.3, 0.4) is 0 Å². The first-order valence-electron chi connectivity index (χ1n) is 7.06. The molecule has 18 heavy (non-hydrogen) atoms. The lowest BCUT2D eigenvalue weighted by molar-refractivity contribution is -0.143. The summed E-state index contributed by atoms with van der Waals surface area (Å²) in [7, 11) is 0. The van der Waals surface area contributed by atoms with Crippen molar-refractivity contribution in [1.82, 2.24) is 4.90 Å². The monoisotopic (exact) mass is 255 g/mol. The van der Waals surface area contributed by atoms with Crippen LogP contribution in [0.15, 0.2) is 0 Å². The SMILES string of the molecule is CCCCC(CC)C(=O)N1CCC(C(=O)O)C1C. The van der Waals surface area contributed by atoms with Crippen LogP contribution in [-0.2, 0) is 9.59 Å². The average Bonchev–Trinajstić information content (AvgIpc) is 2.71. The number of carboxylic acid groups (broad SMARTS) is 1. The zero-order chi connectivity index (χ0) is 13.7. The van der Waals surface area contributed by atoms with Crippen molar-refractivity contribution in [2.24, 2.45) is 11.8 Å². The Labute approximate surface area is 109 Å². The molecule has 4 heteroatoms. The minimum atomic E-state index is -0.778. The van der Waals surface area contributed by atoms with Crippen molar-refractivity contribution in [2.45, 2.75) is 58.9 Å². The Morgan fingerprint density at radius 1 is 1.39 bits per heavy atom. The summed E-state index contributed by atoms with van der Waals surface area (Å²) >= 11 is 0. The molecule has 1 fully saturated rings. The number of aliphatic carboxylic acids is 1. The van der Waals surface area contributed by atoms with Crippen LogP contribution in [0.4, 0.5) is 0 Å². The molecule has 4 nitrogen and oxygen atoms in total. The molecule has 1 amide bonds. The van der Waals surface area contributed by atoms with Gasteiger partial charge in [0.05, 0.1) is 5.92 Å². The minimum absolute atomic E-state index is 0.0694. The fourth-order valence-electron chi connectivity index (χ4n) is 2.77. The number of rotatable bonds is 6. The van der Waals surface area contributed by atoms with E-state index in [4.69, 9.17) is 5.11 Å². The number of carbonyl (C=O) groups is 2. The highest BCUT2D eigenvalue weighted by Crippen LogP contribution is 2.27. The van der Waals surface area contributed by atoms with Crippen molar-refractivity contribution in [3.63, 3.8) is 0 Å². The first kappa shape index (κ1) is 15.0. The number of nitrogens with zero attached hydrogens (tertiary/aromatic N) is 1. The highest BCUT2D eigenvalue weighted by Gasteiger charge is 2.39. The molecule has 3 unspecified atom stereocenters. The van der Waals surface area contributed by atoms with Gasteiger partial charge in [0.15, 0.2) is 0 Å². The maximum absolute atomic E-state index is 12.4. The Hall–Kier alpha value is -1.06. The van der Waals surface area contributed by atoms with Gasteiger partial charge in [0.1, 0.15) is 0 Å². The fourth-order valence-corrected chi connectivity index (χ4v) is 2.77. The molecule has 0 bridgehead atoms. The molecule has 0 aromatic carbocycles. The van der Waals surface area contributed by atoms with Crippen molar-refractivity contribution >= 4 is 11.9 Å². The lowest BCUT2D eigenvalue weighted by Crippen LogP contribution is -2.41. The fraction of sp³-hybridized carbons (Fsp3) is 0.857. The van der Waals surface area contributed by atoms with Gasteiger partial charge in [-0.1, -0.05) is 26.7 Å². The van der Waals surface area contributed by atoms with Crippen LogP contribution in [-0.4, -0.2) is 34.5 Å². The van der Waals surface area contributed by atoms with Crippen LogP contribution in [0.5, 0.6) is 0 Å². The molecule has 1 saturated heterocycles. The summed E-state index contributed by atoms with van der Waals surface area (Å²) in [5, 5.41) is 9.08. The summed E-state index contributed by atoms with van der Waals surface area (Å²) in [5.74, 6) is -0.945.